The monoisotopic (exact) mass is 363 g/mol. The Hall–Kier alpha value is -1.83. The third-order valence-corrected chi connectivity index (χ3v) is 6.36. The highest BCUT2D eigenvalue weighted by Crippen LogP contribution is 2.34. The molecule has 0 saturated carbocycles. The molecule has 3 rings (SSSR count). The van der Waals surface area contributed by atoms with Gasteiger partial charge in [0.1, 0.15) is 5.82 Å². The predicted molar refractivity (Wildman–Crippen MR) is 94.7 cm³/mol. The van der Waals surface area contributed by atoms with Crippen LogP contribution >= 0.6 is 0 Å². The third kappa shape index (κ3) is 3.89. The summed E-state index contributed by atoms with van der Waals surface area (Å²) in [4.78, 5) is 4.66. The van der Waals surface area contributed by atoms with E-state index in [0.717, 1.165) is 29.8 Å². The number of halogens is 1. The lowest BCUT2D eigenvalue weighted by molar-refractivity contribution is 0.357. The van der Waals surface area contributed by atoms with Gasteiger partial charge in [-0.3, -0.25) is 4.98 Å². The second kappa shape index (κ2) is 7.19. The number of hydrogen-bond donors (Lipinski definition) is 0. The van der Waals surface area contributed by atoms with E-state index in [0.29, 0.717) is 13.0 Å². The van der Waals surface area contributed by atoms with Crippen LogP contribution in [-0.4, -0.2) is 42.7 Å². The standard InChI is InChI=1S/C18H22FN3O2S/c1-21(2)25(23,24)22-11-5-10-18(22)17-9-4-8-16(20-17)13-14-6-3-7-15(19)12-14/h3-4,6-9,12,18H,5,10-11,13H2,1-2H3/t18-/m0/s1. The lowest BCUT2D eigenvalue weighted by Gasteiger charge is -2.26. The van der Waals surface area contributed by atoms with E-state index < -0.39 is 10.2 Å². The van der Waals surface area contributed by atoms with Crippen molar-refractivity contribution >= 4 is 10.2 Å². The van der Waals surface area contributed by atoms with Gasteiger partial charge in [-0.2, -0.15) is 17.0 Å². The van der Waals surface area contributed by atoms with Gasteiger partial charge in [0.15, 0.2) is 0 Å². The van der Waals surface area contributed by atoms with E-state index in [1.54, 1.807) is 20.2 Å². The number of rotatable bonds is 5. The van der Waals surface area contributed by atoms with E-state index in [-0.39, 0.29) is 11.9 Å². The maximum atomic E-state index is 13.4. The molecule has 0 spiro atoms. The fraction of sp³-hybridized carbons (Fsp3) is 0.389. The zero-order chi connectivity index (χ0) is 18.0. The maximum Gasteiger partial charge on any atom is 0.282 e. The number of aromatic nitrogens is 1. The number of hydrogen-bond acceptors (Lipinski definition) is 3. The molecule has 1 aliphatic rings. The Labute approximate surface area is 148 Å². The molecule has 0 bridgehead atoms. The largest absolute Gasteiger partial charge is 0.282 e. The summed E-state index contributed by atoms with van der Waals surface area (Å²) in [5.41, 5.74) is 2.39. The van der Waals surface area contributed by atoms with E-state index >= 15 is 0 Å². The minimum Gasteiger partial charge on any atom is -0.256 e. The van der Waals surface area contributed by atoms with E-state index in [4.69, 9.17) is 0 Å². The lowest BCUT2D eigenvalue weighted by Crippen LogP contribution is -2.39. The smallest absolute Gasteiger partial charge is 0.256 e. The van der Waals surface area contributed by atoms with E-state index in [9.17, 15) is 12.8 Å². The van der Waals surface area contributed by atoms with Crippen molar-refractivity contribution < 1.29 is 12.8 Å². The summed E-state index contributed by atoms with van der Waals surface area (Å²) in [7, 11) is -0.394. The summed E-state index contributed by atoms with van der Waals surface area (Å²) in [6.45, 7) is 0.501. The first-order valence-electron chi connectivity index (χ1n) is 8.27. The molecule has 0 radical (unpaired) electrons. The summed E-state index contributed by atoms with van der Waals surface area (Å²) < 4.78 is 41.1. The highest BCUT2D eigenvalue weighted by atomic mass is 32.2. The molecule has 25 heavy (non-hydrogen) atoms. The van der Waals surface area contributed by atoms with E-state index in [1.165, 1.54) is 20.7 Å². The molecule has 1 fully saturated rings. The average molecular weight is 363 g/mol. The van der Waals surface area contributed by atoms with Crippen molar-refractivity contribution in [2.75, 3.05) is 20.6 Å². The number of benzene rings is 1. The van der Waals surface area contributed by atoms with Crippen LogP contribution in [0.15, 0.2) is 42.5 Å². The Morgan fingerprint density at radius 3 is 2.72 bits per heavy atom. The minimum absolute atomic E-state index is 0.250. The Morgan fingerprint density at radius 2 is 2.00 bits per heavy atom. The van der Waals surface area contributed by atoms with Gasteiger partial charge in [0.2, 0.25) is 0 Å². The molecule has 1 aromatic heterocycles. The molecule has 1 saturated heterocycles. The van der Waals surface area contributed by atoms with E-state index in [1.807, 2.05) is 24.3 Å². The van der Waals surface area contributed by atoms with Crippen LogP contribution in [0, 0.1) is 5.82 Å². The normalized spacial score (nSPS) is 18.8. The molecular weight excluding hydrogens is 341 g/mol. The minimum atomic E-state index is -3.47. The molecular formula is C18H22FN3O2S. The van der Waals surface area contributed by atoms with Crippen LogP contribution in [0.5, 0.6) is 0 Å². The van der Waals surface area contributed by atoms with Crippen molar-refractivity contribution in [2.24, 2.45) is 0 Å². The van der Waals surface area contributed by atoms with Gasteiger partial charge < -0.3 is 0 Å². The average Bonchev–Trinajstić information content (AvgIpc) is 3.05. The van der Waals surface area contributed by atoms with Crippen LogP contribution in [-0.2, 0) is 16.6 Å². The molecule has 1 aliphatic heterocycles. The Balaban J connectivity index is 1.86. The van der Waals surface area contributed by atoms with Crippen LogP contribution in [0.2, 0.25) is 0 Å². The zero-order valence-electron chi connectivity index (χ0n) is 14.4. The summed E-state index contributed by atoms with van der Waals surface area (Å²) in [6.07, 6.45) is 2.08. The highest BCUT2D eigenvalue weighted by Gasteiger charge is 2.37. The van der Waals surface area contributed by atoms with Crippen molar-refractivity contribution in [3.8, 4) is 0 Å². The van der Waals surface area contributed by atoms with Gasteiger partial charge in [0.05, 0.1) is 11.7 Å². The second-order valence-corrected chi connectivity index (χ2v) is 8.51. The van der Waals surface area contributed by atoms with Gasteiger partial charge in [0, 0.05) is 32.8 Å². The topological polar surface area (TPSA) is 53.5 Å². The quantitative estimate of drug-likeness (QED) is 0.821. The summed E-state index contributed by atoms with van der Waals surface area (Å²) in [5, 5.41) is 0. The van der Waals surface area contributed by atoms with E-state index in [2.05, 4.69) is 4.98 Å². The van der Waals surface area contributed by atoms with Crippen molar-refractivity contribution in [2.45, 2.75) is 25.3 Å². The van der Waals surface area contributed by atoms with Crippen LogP contribution < -0.4 is 0 Å². The van der Waals surface area contributed by atoms with Gasteiger partial charge in [-0.15, -0.1) is 0 Å². The first kappa shape index (κ1) is 18.0. The summed E-state index contributed by atoms with van der Waals surface area (Å²) >= 11 is 0. The zero-order valence-corrected chi connectivity index (χ0v) is 15.2. The highest BCUT2D eigenvalue weighted by molar-refractivity contribution is 7.86. The number of nitrogens with zero attached hydrogens (tertiary/aromatic N) is 3. The fourth-order valence-corrected chi connectivity index (χ4v) is 4.47. The molecule has 134 valence electrons. The van der Waals surface area contributed by atoms with Crippen LogP contribution in [0.25, 0.3) is 0 Å². The SMILES string of the molecule is CN(C)S(=O)(=O)N1CCC[C@H]1c1cccc(Cc2cccc(F)c2)n1. The lowest BCUT2D eigenvalue weighted by atomic mass is 10.1. The molecule has 2 aromatic rings. The Kier molecular flexibility index (Phi) is 5.17. The third-order valence-electron chi connectivity index (χ3n) is 4.41. The molecule has 1 aromatic carbocycles. The second-order valence-electron chi connectivity index (χ2n) is 6.42. The molecule has 5 nitrogen and oxygen atoms in total. The van der Waals surface area contributed by atoms with Crippen LogP contribution in [0.1, 0.15) is 35.8 Å². The molecule has 7 heteroatoms. The Morgan fingerprint density at radius 1 is 1.24 bits per heavy atom. The molecule has 1 atom stereocenters. The van der Waals surface area contributed by atoms with Gasteiger partial charge in [-0.25, -0.2) is 4.39 Å². The first-order chi connectivity index (χ1) is 11.9. The van der Waals surface area contributed by atoms with Crippen molar-refractivity contribution in [1.82, 2.24) is 13.6 Å². The molecule has 0 N–H and O–H groups in total. The van der Waals surface area contributed by atoms with Crippen LogP contribution in [0.3, 0.4) is 0 Å². The van der Waals surface area contributed by atoms with Gasteiger partial charge in [-0.1, -0.05) is 18.2 Å². The molecule has 2 heterocycles. The number of pyridine rings is 1. The Bertz CT molecular complexity index is 855. The molecule has 0 unspecified atom stereocenters. The van der Waals surface area contributed by atoms with Crippen molar-refractivity contribution in [1.29, 1.82) is 0 Å². The first-order valence-corrected chi connectivity index (χ1v) is 9.67. The maximum absolute atomic E-state index is 13.4. The van der Waals surface area contributed by atoms with Gasteiger partial charge >= 0.3 is 0 Å². The summed E-state index contributed by atoms with van der Waals surface area (Å²) in [6, 6.07) is 11.8. The van der Waals surface area contributed by atoms with Crippen LogP contribution in [0.4, 0.5) is 4.39 Å². The molecule has 0 aliphatic carbocycles. The predicted octanol–water partition coefficient (Wildman–Crippen LogP) is 2.75. The fourth-order valence-electron chi connectivity index (χ4n) is 3.16. The summed E-state index contributed by atoms with van der Waals surface area (Å²) in [5.74, 6) is -0.271. The molecule has 0 amide bonds. The van der Waals surface area contributed by atoms with Crippen molar-refractivity contribution in [3.63, 3.8) is 0 Å². The van der Waals surface area contributed by atoms with Crippen molar-refractivity contribution in [3.05, 3.63) is 65.2 Å². The van der Waals surface area contributed by atoms with Gasteiger partial charge in [-0.05, 0) is 42.7 Å². The van der Waals surface area contributed by atoms with Gasteiger partial charge in [0.25, 0.3) is 10.2 Å².